The van der Waals surface area contributed by atoms with E-state index in [1.165, 1.54) is 16.9 Å². The maximum absolute atomic E-state index is 13.8. The van der Waals surface area contributed by atoms with Crippen LogP contribution in [0.4, 0.5) is 5.13 Å². The first-order valence-corrected chi connectivity index (χ1v) is 16.0. The number of aryl methyl sites for hydroxylation is 2. The number of hydrogen-bond acceptors (Lipinski definition) is 6. The van der Waals surface area contributed by atoms with Crippen LogP contribution in [0, 0.1) is 13.8 Å². The van der Waals surface area contributed by atoms with Crippen molar-refractivity contribution in [1.82, 2.24) is 14.2 Å². The van der Waals surface area contributed by atoms with Crippen molar-refractivity contribution < 1.29 is 13.2 Å². The molecule has 0 bridgehead atoms. The molecule has 1 fully saturated rings. The first-order chi connectivity index (χ1) is 18.2. The van der Waals surface area contributed by atoms with Crippen LogP contribution in [0.25, 0.3) is 10.2 Å². The molecule has 1 aliphatic heterocycles. The Morgan fingerprint density at radius 1 is 1.05 bits per heavy atom. The average molecular weight is 557 g/mol. The molecule has 1 amide bonds. The van der Waals surface area contributed by atoms with Gasteiger partial charge in [-0.15, -0.1) is 0 Å². The number of benzene rings is 2. The van der Waals surface area contributed by atoms with Gasteiger partial charge in [-0.3, -0.25) is 9.69 Å². The molecular weight excluding hydrogens is 516 g/mol. The first-order valence-electron chi connectivity index (χ1n) is 13.7. The summed E-state index contributed by atoms with van der Waals surface area (Å²) >= 11 is 1.53. The van der Waals surface area contributed by atoms with E-state index in [0.717, 1.165) is 61.1 Å². The highest BCUT2D eigenvalue weighted by Gasteiger charge is 2.32. The van der Waals surface area contributed by atoms with E-state index < -0.39 is 10.0 Å². The maximum atomic E-state index is 13.8. The van der Waals surface area contributed by atoms with Crippen molar-refractivity contribution in [3.8, 4) is 0 Å². The second-order valence-corrected chi connectivity index (χ2v) is 13.0. The molecule has 1 aliphatic rings. The number of fused-ring (bicyclic) bond motifs is 1. The fraction of sp³-hybridized carbons (Fsp3) is 0.517. The van der Waals surface area contributed by atoms with Crippen LogP contribution in [0.15, 0.2) is 41.3 Å². The molecule has 1 atom stereocenters. The monoisotopic (exact) mass is 556 g/mol. The molecule has 1 saturated heterocycles. The third kappa shape index (κ3) is 5.96. The number of amides is 1. The number of carbonyl (C=O) groups excluding carboxylic acids is 1. The van der Waals surface area contributed by atoms with Crippen molar-refractivity contribution in [2.75, 3.05) is 37.6 Å². The molecular formula is C29H40N4O3S2. The summed E-state index contributed by atoms with van der Waals surface area (Å²) in [5, 5.41) is 0.668. The van der Waals surface area contributed by atoms with Gasteiger partial charge in [-0.2, -0.15) is 4.31 Å². The van der Waals surface area contributed by atoms with E-state index in [1.807, 2.05) is 13.8 Å². The van der Waals surface area contributed by atoms with Gasteiger partial charge in [0.15, 0.2) is 5.13 Å². The van der Waals surface area contributed by atoms with Crippen molar-refractivity contribution in [2.24, 2.45) is 0 Å². The molecule has 3 aromatic rings. The van der Waals surface area contributed by atoms with Crippen molar-refractivity contribution in [3.63, 3.8) is 0 Å². The van der Waals surface area contributed by atoms with E-state index >= 15 is 0 Å². The molecule has 206 valence electrons. The minimum atomic E-state index is -3.60. The van der Waals surface area contributed by atoms with Crippen LogP contribution in [0.2, 0.25) is 0 Å². The van der Waals surface area contributed by atoms with Crippen LogP contribution < -0.4 is 4.90 Å². The highest BCUT2D eigenvalue weighted by Crippen LogP contribution is 2.33. The van der Waals surface area contributed by atoms with E-state index in [4.69, 9.17) is 4.98 Å². The zero-order chi connectivity index (χ0) is 27.4. The van der Waals surface area contributed by atoms with Crippen LogP contribution in [0.5, 0.6) is 0 Å². The molecule has 1 unspecified atom stereocenters. The predicted molar refractivity (Wildman–Crippen MR) is 157 cm³/mol. The normalized spacial score (nSPS) is 16.8. The molecule has 7 nitrogen and oxygen atoms in total. The number of piperidine rings is 1. The molecule has 0 aliphatic carbocycles. The Labute approximate surface area is 231 Å². The molecule has 38 heavy (non-hydrogen) atoms. The van der Waals surface area contributed by atoms with Crippen LogP contribution in [0.3, 0.4) is 0 Å². The molecule has 0 N–H and O–H groups in total. The Kier molecular flexibility index (Phi) is 9.23. The quantitative estimate of drug-likeness (QED) is 0.313. The summed E-state index contributed by atoms with van der Waals surface area (Å²) in [5.41, 5.74) is 3.64. The Balaban J connectivity index is 1.64. The number of aromatic nitrogens is 1. The van der Waals surface area contributed by atoms with Gasteiger partial charge in [0, 0.05) is 31.2 Å². The van der Waals surface area contributed by atoms with E-state index in [0.29, 0.717) is 23.8 Å². The number of anilines is 1. The van der Waals surface area contributed by atoms with E-state index in [1.54, 1.807) is 33.5 Å². The molecule has 9 heteroatoms. The number of nitrogens with zero attached hydrogens (tertiary/aromatic N) is 4. The maximum Gasteiger partial charge on any atom is 0.260 e. The van der Waals surface area contributed by atoms with Gasteiger partial charge < -0.3 is 4.90 Å². The highest BCUT2D eigenvalue weighted by atomic mass is 32.2. The summed E-state index contributed by atoms with van der Waals surface area (Å²) in [6.45, 7) is 14.0. The summed E-state index contributed by atoms with van der Waals surface area (Å²) in [5.74, 6) is -0.168. The summed E-state index contributed by atoms with van der Waals surface area (Å²) < 4.78 is 29.5. The lowest BCUT2D eigenvalue weighted by molar-refractivity contribution is 0.0983. The van der Waals surface area contributed by atoms with Crippen LogP contribution in [-0.4, -0.2) is 67.3 Å². The third-order valence-electron chi connectivity index (χ3n) is 7.58. The number of thiazole rings is 1. The molecule has 0 spiro atoms. The van der Waals surface area contributed by atoms with E-state index in [-0.39, 0.29) is 16.8 Å². The number of hydrogen-bond donors (Lipinski definition) is 0. The second-order valence-electron chi connectivity index (χ2n) is 10.1. The molecule has 2 aromatic carbocycles. The Hall–Kier alpha value is -2.33. The predicted octanol–water partition coefficient (Wildman–Crippen LogP) is 5.85. The van der Waals surface area contributed by atoms with Crippen molar-refractivity contribution in [1.29, 1.82) is 0 Å². The Morgan fingerprint density at radius 2 is 1.76 bits per heavy atom. The third-order valence-corrected chi connectivity index (χ3v) is 10.6. The van der Waals surface area contributed by atoms with Crippen molar-refractivity contribution in [3.05, 3.63) is 53.1 Å². The first kappa shape index (κ1) is 28.7. The SMILES string of the molecule is CCC1CCCCN1S(=O)(=O)c1ccc(C(=O)N(CCN(CC)CC)c2nc3c(C)cc(C)cc3s2)cc1. The summed E-state index contributed by atoms with van der Waals surface area (Å²) in [6, 6.07) is 10.7. The zero-order valence-electron chi connectivity index (χ0n) is 23.2. The molecule has 4 rings (SSSR count). The smallest absolute Gasteiger partial charge is 0.260 e. The summed E-state index contributed by atoms with van der Waals surface area (Å²) in [6.07, 6.45) is 3.65. The summed E-state index contributed by atoms with van der Waals surface area (Å²) in [7, 11) is -3.60. The largest absolute Gasteiger partial charge is 0.302 e. The van der Waals surface area contributed by atoms with Gasteiger partial charge in [-0.05, 0) is 87.7 Å². The Bertz CT molecular complexity index is 1360. The fourth-order valence-electron chi connectivity index (χ4n) is 5.30. The summed E-state index contributed by atoms with van der Waals surface area (Å²) in [4.78, 5) is 23.0. The topological polar surface area (TPSA) is 73.8 Å². The van der Waals surface area contributed by atoms with E-state index in [9.17, 15) is 13.2 Å². The lowest BCUT2D eigenvalue weighted by Gasteiger charge is -2.34. The van der Waals surface area contributed by atoms with Gasteiger partial charge in [0.25, 0.3) is 5.91 Å². The van der Waals surface area contributed by atoms with Crippen LogP contribution in [0.1, 0.15) is 67.9 Å². The number of carbonyl (C=O) groups is 1. The molecule has 1 aromatic heterocycles. The minimum absolute atomic E-state index is 0.0387. The number of rotatable bonds is 10. The average Bonchev–Trinajstić information content (AvgIpc) is 3.35. The Morgan fingerprint density at radius 3 is 2.42 bits per heavy atom. The lowest BCUT2D eigenvalue weighted by Crippen LogP contribution is -2.43. The van der Waals surface area contributed by atoms with Crippen molar-refractivity contribution >= 4 is 42.6 Å². The number of sulfonamides is 1. The van der Waals surface area contributed by atoms with Gasteiger partial charge in [0.1, 0.15) is 0 Å². The highest BCUT2D eigenvalue weighted by molar-refractivity contribution is 7.89. The van der Waals surface area contributed by atoms with Gasteiger partial charge in [0.2, 0.25) is 10.0 Å². The zero-order valence-corrected chi connectivity index (χ0v) is 24.9. The molecule has 2 heterocycles. The van der Waals surface area contributed by atoms with Gasteiger partial charge in [-0.1, -0.05) is 44.6 Å². The molecule has 0 radical (unpaired) electrons. The van der Waals surface area contributed by atoms with Crippen molar-refractivity contribution in [2.45, 2.75) is 71.2 Å². The lowest BCUT2D eigenvalue weighted by atomic mass is 10.0. The number of likely N-dealkylation sites (N-methyl/N-ethyl adjacent to an activating group) is 1. The molecule has 0 saturated carbocycles. The van der Waals surface area contributed by atoms with Gasteiger partial charge in [0.05, 0.1) is 15.1 Å². The van der Waals surface area contributed by atoms with E-state index in [2.05, 4.69) is 37.8 Å². The second kappa shape index (κ2) is 12.2. The van der Waals surface area contributed by atoms with Gasteiger partial charge >= 0.3 is 0 Å². The van der Waals surface area contributed by atoms with Gasteiger partial charge in [-0.25, -0.2) is 13.4 Å². The fourth-order valence-corrected chi connectivity index (χ4v) is 8.23. The van der Waals surface area contributed by atoms with Crippen LogP contribution >= 0.6 is 11.3 Å². The standard InChI is InChI=1S/C29H40N4O3S2/c1-6-24-11-9-10-16-33(24)38(35,36)25-14-12-23(13-15-25)28(34)32(18-17-31(7-2)8-3)29-30-27-22(5)19-21(4)20-26(27)37-29/h12-15,19-20,24H,6-11,16-18H2,1-5H3. The van der Waals surface area contributed by atoms with Crippen LogP contribution in [-0.2, 0) is 10.0 Å². The minimum Gasteiger partial charge on any atom is -0.302 e.